The van der Waals surface area contributed by atoms with E-state index in [0.29, 0.717) is 0 Å². The third-order valence-corrected chi connectivity index (χ3v) is 18.6. The van der Waals surface area contributed by atoms with Crippen molar-refractivity contribution >= 4 is 75.5 Å². The molecule has 0 fully saturated rings. The van der Waals surface area contributed by atoms with E-state index in [1.54, 1.807) is 0 Å². The van der Waals surface area contributed by atoms with E-state index in [1.807, 2.05) is 0 Å². The summed E-state index contributed by atoms with van der Waals surface area (Å²) in [7, 11) is 0. The molecule has 4 aromatic heterocycles. The van der Waals surface area contributed by atoms with Crippen LogP contribution in [0.5, 0.6) is 0 Å². The summed E-state index contributed by atoms with van der Waals surface area (Å²) in [5, 5.41) is 4.08. The Kier molecular flexibility index (Phi) is 13.6. The van der Waals surface area contributed by atoms with E-state index in [1.165, 1.54) is 89.0 Å². The summed E-state index contributed by atoms with van der Waals surface area (Å²) in [5.41, 5.74) is 31.9. The third-order valence-electron chi connectivity index (χ3n) is 16.3. The van der Waals surface area contributed by atoms with Gasteiger partial charge in [-0.3, -0.25) is 0 Å². The van der Waals surface area contributed by atoms with E-state index >= 15 is 0 Å². The van der Waals surface area contributed by atoms with Gasteiger partial charge in [-0.1, -0.05) is 127 Å². The third kappa shape index (κ3) is 9.10. The summed E-state index contributed by atoms with van der Waals surface area (Å²) in [6.07, 6.45) is 0. The minimum atomic E-state index is 0.857. The number of hydrogen-bond donors (Lipinski definition) is 0. The van der Waals surface area contributed by atoms with Crippen LogP contribution in [0.1, 0.15) is 100 Å². The van der Waals surface area contributed by atoms with Crippen LogP contribution in [0.4, 0.5) is 0 Å². The molecule has 78 heavy (non-hydrogen) atoms. The monoisotopic (exact) mass is 1140 g/mol. The molecule has 0 saturated heterocycles. The topological polar surface area (TPSA) is 51.6 Å². The van der Waals surface area contributed by atoms with Crippen LogP contribution in [0, 0.1) is 121 Å². The van der Waals surface area contributed by atoms with Gasteiger partial charge in [-0.2, -0.15) is 0 Å². The fraction of sp³-hybridized carbons (Fsp3) is 0.194. The van der Waals surface area contributed by atoms with Gasteiger partial charge in [0.25, 0.3) is 0 Å². The zero-order valence-electron chi connectivity index (χ0n) is 46.9. The van der Waals surface area contributed by atoms with Crippen LogP contribution in [-0.4, -0.2) is 19.9 Å². The van der Waals surface area contributed by atoms with Gasteiger partial charge in [0.1, 0.15) is 0 Å². The van der Waals surface area contributed by atoms with Gasteiger partial charge in [0.2, 0.25) is 0 Å². The van der Waals surface area contributed by atoms with Gasteiger partial charge in [-0.15, -0.1) is 0 Å². The van der Waals surface area contributed by atoms with Gasteiger partial charge in [0, 0.05) is 63.9 Å². The molecule has 4 nitrogen and oxygen atoms in total. The summed E-state index contributed by atoms with van der Waals surface area (Å²) < 4.78 is 2.25. The molecule has 0 bridgehead atoms. The Morgan fingerprint density at radius 2 is 0.590 bits per heavy atom. The number of hydrogen-bond acceptors (Lipinski definition) is 4. The highest BCUT2D eigenvalue weighted by atomic mass is 79.9. The fourth-order valence-corrected chi connectivity index (χ4v) is 13.0. The van der Waals surface area contributed by atoms with Crippen LogP contribution >= 0.6 is 31.9 Å². The Morgan fingerprint density at radius 1 is 0.295 bits per heavy atom. The SMILES string of the molecule is Cc1cc(C)c(-c2ccc3ccc4cc(C#Cc5ccc(C#Cc6cc7ccc8ccc(-c9c(C)cc(C)cc9C)nc8c7nc6-c6c(C)c(C)c(Br)c(C)c6C)cc5)c(-c5c(C)c(C)c(Br)c(C)c5C)nc4c3n2)c(C)c1. The predicted molar refractivity (Wildman–Crippen MR) is 336 cm³/mol. The summed E-state index contributed by atoms with van der Waals surface area (Å²) in [4.78, 5) is 21.9. The molecule has 7 aromatic carbocycles. The first-order valence-corrected chi connectivity index (χ1v) is 28.2. The van der Waals surface area contributed by atoms with E-state index in [-0.39, 0.29) is 0 Å². The van der Waals surface area contributed by atoms with Crippen LogP contribution in [-0.2, 0) is 0 Å². The normalized spacial score (nSPS) is 11.4. The summed E-state index contributed by atoms with van der Waals surface area (Å²) in [6, 6.07) is 38.8. The van der Waals surface area contributed by atoms with Crippen LogP contribution in [0.3, 0.4) is 0 Å². The molecular weight excluding hydrogens is 1080 g/mol. The quantitative estimate of drug-likeness (QED) is 0.130. The lowest BCUT2D eigenvalue weighted by atomic mass is 9.89. The molecule has 0 aliphatic carbocycles. The van der Waals surface area contributed by atoms with Gasteiger partial charge in [0.05, 0.1) is 56.0 Å². The molecule has 0 spiro atoms. The lowest BCUT2D eigenvalue weighted by Crippen LogP contribution is -2.02. The van der Waals surface area contributed by atoms with E-state index in [9.17, 15) is 0 Å². The molecule has 0 N–H and O–H groups in total. The highest BCUT2D eigenvalue weighted by Gasteiger charge is 2.23. The van der Waals surface area contributed by atoms with Crippen molar-refractivity contribution in [2.75, 3.05) is 0 Å². The summed E-state index contributed by atoms with van der Waals surface area (Å²) in [5.74, 6) is 14.3. The van der Waals surface area contributed by atoms with Crippen LogP contribution in [0.25, 0.3) is 88.6 Å². The van der Waals surface area contributed by atoms with E-state index in [4.69, 9.17) is 19.9 Å². The second-order valence-corrected chi connectivity index (χ2v) is 23.2. The average Bonchev–Trinajstić information content (AvgIpc) is 3.62. The van der Waals surface area contributed by atoms with Crippen molar-refractivity contribution in [2.45, 2.75) is 96.9 Å². The molecule has 11 rings (SSSR count). The van der Waals surface area contributed by atoms with Crippen molar-refractivity contribution in [1.82, 2.24) is 19.9 Å². The molecule has 0 unspecified atom stereocenters. The maximum Gasteiger partial charge on any atom is 0.0973 e. The number of aryl methyl sites for hydroxylation is 6. The molecule has 0 radical (unpaired) electrons. The van der Waals surface area contributed by atoms with Crippen molar-refractivity contribution in [3.63, 3.8) is 0 Å². The smallest absolute Gasteiger partial charge is 0.0973 e. The van der Waals surface area contributed by atoms with E-state index in [0.717, 1.165) is 109 Å². The van der Waals surface area contributed by atoms with Gasteiger partial charge >= 0.3 is 0 Å². The Bertz CT molecular complexity index is 4160. The van der Waals surface area contributed by atoms with Crippen LogP contribution in [0.15, 0.2) is 118 Å². The van der Waals surface area contributed by atoms with Gasteiger partial charge in [0.15, 0.2) is 0 Å². The molecule has 0 aliphatic rings. The summed E-state index contributed by atoms with van der Waals surface area (Å²) in [6.45, 7) is 30.4. The number of aromatic nitrogens is 4. The number of nitrogens with zero attached hydrogens (tertiary/aromatic N) is 4. The first kappa shape index (κ1) is 52.3. The van der Waals surface area contributed by atoms with Crippen molar-refractivity contribution in [3.8, 4) is 68.7 Å². The molecule has 0 amide bonds. The maximum atomic E-state index is 5.58. The number of benzene rings is 7. The summed E-state index contributed by atoms with van der Waals surface area (Å²) >= 11 is 7.80. The highest BCUT2D eigenvalue weighted by Crippen LogP contribution is 2.42. The first-order valence-electron chi connectivity index (χ1n) is 26.6. The number of halogens is 2. The second-order valence-electron chi connectivity index (χ2n) is 21.6. The largest absolute Gasteiger partial charge is 0.245 e. The first-order chi connectivity index (χ1) is 37.3. The average molecular weight is 1140 g/mol. The number of rotatable bonds is 4. The van der Waals surface area contributed by atoms with Crippen molar-refractivity contribution in [3.05, 3.63) is 218 Å². The lowest BCUT2D eigenvalue weighted by molar-refractivity contribution is 1.20. The van der Waals surface area contributed by atoms with Crippen molar-refractivity contribution in [1.29, 1.82) is 0 Å². The zero-order chi connectivity index (χ0) is 55.2. The number of fused-ring (bicyclic) bond motifs is 6. The van der Waals surface area contributed by atoms with Crippen LogP contribution in [0.2, 0.25) is 0 Å². The lowest BCUT2D eigenvalue weighted by Gasteiger charge is -2.19. The molecule has 0 atom stereocenters. The maximum absolute atomic E-state index is 5.58. The van der Waals surface area contributed by atoms with Gasteiger partial charge in [-0.05, 0) is 212 Å². The molecule has 0 aliphatic heterocycles. The van der Waals surface area contributed by atoms with E-state index in [2.05, 4.69) is 262 Å². The second kappa shape index (κ2) is 20.2. The minimum absolute atomic E-state index is 0.857. The van der Waals surface area contributed by atoms with Crippen molar-refractivity contribution < 1.29 is 0 Å². The molecule has 4 heterocycles. The molecule has 382 valence electrons. The zero-order valence-corrected chi connectivity index (χ0v) is 50.1. The van der Waals surface area contributed by atoms with Gasteiger partial charge in [-0.25, -0.2) is 19.9 Å². The Morgan fingerprint density at radius 3 is 0.923 bits per heavy atom. The highest BCUT2D eigenvalue weighted by molar-refractivity contribution is 9.11. The van der Waals surface area contributed by atoms with Crippen molar-refractivity contribution in [2.24, 2.45) is 0 Å². The number of pyridine rings is 4. The molecule has 0 saturated carbocycles. The fourth-order valence-electron chi connectivity index (χ4n) is 11.8. The Hall–Kier alpha value is -7.74. The molecular formula is C72H60Br2N4. The predicted octanol–water partition coefficient (Wildman–Crippen LogP) is 19.2. The van der Waals surface area contributed by atoms with Gasteiger partial charge < -0.3 is 0 Å². The Labute approximate surface area is 476 Å². The van der Waals surface area contributed by atoms with Crippen LogP contribution < -0.4 is 0 Å². The Balaban J connectivity index is 1.02. The molecule has 11 aromatic rings. The standard InChI is InChI=1S/C72H60Br2N4/c1-37-31-39(3)61(40(4)32-37)59-29-27-53-23-25-57-35-55(67(77-71(57)69(53)75-59)63-43(7)47(11)65(73)48(12)44(63)8)21-19-51-15-17-52(18-16-51)20-22-56-36-58-26-24-54-28-30-60(62-41(5)33-38(2)34-42(62)6)76-70(54)72(58)78-68(56)64-45(9)49(13)66(74)50(14)46(64)10/h15-18,23-36H,1-14H3. The molecule has 6 heteroatoms. The minimum Gasteiger partial charge on any atom is -0.245 e. The van der Waals surface area contributed by atoms with E-state index < -0.39 is 0 Å².